The van der Waals surface area contributed by atoms with E-state index in [0.29, 0.717) is 0 Å². The van der Waals surface area contributed by atoms with E-state index in [2.05, 4.69) is 69.4 Å². The van der Waals surface area contributed by atoms with E-state index < -0.39 is 11.4 Å². The molecule has 1 heterocycles. The predicted octanol–water partition coefficient (Wildman–Crippen LogP) is 4.34. The fourth-order valence-electron chi connectivity index (χ4n) is 4.56. The lowest BCUT2D eigenvalue weighted by molar-refractivity contribution is 0.0868. The minimum atomic E-state index is -1.05. The van der Waals surface area contributed by atoms with Crippen LogP contribution in [0.5, 0.6) is 0 Å². The van der Waals surface area contributed by atoms with E-state index in [1.54, 1.807) is 0 Å². The van der Waals surface area contributed by atoms with E-state index >= 15 is 0 Å². The van der Waals surface area contributed by atoms with Crippen LogP contribution in [-0.2, 0) is 17.8 Å². The van der Waals surface area contributed by atoms with Gasteiger partial charge in [0.2, 0.25) is 0 Å². The van der Waals surface area contributed by atoms with Crippen LogP contribution in [0.2, 0.25) is 0 Å². The lowest BCUT2D eigenvalue weighted by Gasteiger charge is -2.44. The van der Waals surface area contributed by atoms with Gasteiger partial charge in [-0.2, -0.15) is 0 Å². The third-order valence-corrected chi connectivity index (χ3v) is 7.63. The molecule has 4 heteroatoms. The Balaban J connectivity index is 1.86. The quantitative estimate of drug-likeness (QED) is 0.796. The first-order valence-electron chi connectivity index (χ1n) is 9.90. The maximum atomic E-state index is 12.9. The molecule has 1 aromatic rings. The van der Waals surface area contributed by atoms with Gasteiger partial charge < -0.3 is 9.45 Å². The molecule has 1 radical (unpaired) electrons. The number of fused-ring (bicyclic) bond motifs is 1. The highest BCUT2D eigenvalue weighted by Gasteiger charge is 2.50. The second kappa shape index (κ2) is 7.46. The van der Waals surface area contributed by atoms with Gasteiger partial charge in [0, 0.05) is 23.3 Å². The number of nitrogens with zero attached hydrogens (tertiary/aromatic N) is 1. The average molecular weight is 376 g/mol. The Morgan fingerprint density at radius 1 is 1.27 bits per heavy atom. The Kier molecular flexibility index (Phi) is 5.79. The average Bonchev–Trinajstić information content (AvgIpc) is 2.84. The molecule has 145 valence electrons. The van der Waals surface area contributed by atoms with Crippen molar-refractivity contribution in [3.05, 3.63) is 40.8 Å². The van der Waals surface area contributed by atoms with Crippen LogP contribution in [0.3, 0.4) is 0 Å². The Bertz CT molecular complexity index is 630. The molecule has 1 aliphatic carbocycles. The molecule has 1 aliphatic heterocycles. The van der Waals surface area contributed by atoms with Crippen LogP contribution in [0.4, 0.5) is 0 Å². The van der Waals surface area contributed by atoms with Crippen LogP contribution < -0.4 is 4.72 Å². The van der Waals surface area contributed by atoms with Gasteiger partial charge in [-0.05, 0) is 82.7 Å². The summed E-state index contributed by atoms with van der Waals surface area (Å²) in [7, 11) is 0. The number of nitrogens with one attached hydrogen (secondary N) is 1. The van der Waals surface area contributed by atoms with E-state index in [1.165, 1.54) is 35.4 Å². The number of likely N-dealkylation sites (tertiary alicyclic amines) is 1. The Hall–Kier alpha value is -0.550. The second-order valence-corrected chi connectivity index (χ2v) is 11.6. The first kappa shape index (κ1) is 20.2. The topological polar surface area (TPSA) is 38.3 Å². The fraction of sp³-hybridized carbons (Fsp3) is 0.682. The summed E-state index contributed by atoms with van der Waals surface area (Å²) in [6, 6.07) is 6.84. The maximum Gasteiger partial charge on any atom is 0.136 e. The number of piperidine rings is 1. The van der Waals surface area contributed by atoms with Gasteiger partial charge in [-0.15, -0.1) is 4.72 Å². The van der Waals surface area contributed by atoms with Crippen molar-refractivity contribution in [2.24, 2.45) is 5.41 Å². The first-order chi connectivity index (χ1) is 12.1. The highest BCUT2D eigenvalue weighted by atomic mass is 32.2. The monoisotopic (exact) mass is 375 g/mol. The number of benzene rings is 1. The van der Waals surface area contributed by atoms with Crippen molar-refractivity contribution in [1.82, 2.24) is 9.62 Å². The van der Waals surface area contributed by atoms with Gasteiger partial charge in [-0.3, -0.25) is 0 Å². The van der Waals surface area contributed by atoms with E-state index in [4.69, 9.17) is 0 Å². The molecule has 0 saturated carbocycles. The van der Waals surface area contributed by atoms with Crippen molar-refractivity contribution in [2.45, 2.75) is 71.6 Å². The third kappa shape index (κ3) is 3.99. The normalized spacial score (nSPS) is 24.2. The molecule has 2 atom stereocenters. The van der Waals surface area contributed by atoms with Gasteiger partial charge in [-0.25, -0.2) is 0 Å². The molecule has 0 unspecified atom stereocenters. The molecule has 0 amide bonds. The van der Waals surface area contributed by atoms with E-state index in [-0.39, 0.29) is 16.2 Å². The summed E-state index contributed by atoms with van der Waals surface area (Å²) in [4.78, 5) is 2.58. The Morgan fingerprint density at radius 2 is 1.92 bits per heavy atom. The molecule has 2 aliphatic rings. The van der Waals surface area contributed by atoms with Crippen LogP contribution in [-0.4, -0.2) is 33.8 Å². The molecule has 1 saturated heterocycles. The van der Waals surface area contributed by atoms with Gasteiger partial charge in [0.15, 0.2) is 0 Å². The number of aryl methyl sites for hydroxylation is 1. The summed E-state index contributed by atoms with van der Waals surface area (Å²) in [5, 5.41) is 0. The zero-order valence-electron chi connectivity index (χ0n) is 17.3. The van der Waals surface area contributed by atoms with Crippen molar-refractivity contribution in [2.75, 3.05) is 19.6 Å². The summed E-state index contributed by atoms with van der Waals surface area (Å²) < 4.78 is 16.3. The summed E-state index contributed by atoms with van der Waals surface area (Å²) in [5.74, 6) is 1.48. The minimum Gasteiger partial charge on any atom is -0.598 e. The SMILES string of the molecule is C[C](C)CN1CCC2(CC1)Cc1c(C)cccc1[C@H]2N[S@+]([O-])C(C)(C)C. The first-order valence-corrected chi connectivity index (χ1v) is 11.1. The minimum absolute atomic E-state index is 0.200. The summed E-state index contributed by atoms with van der Waals surface area (Å²) in [6.07, 6.45) is 3.47. The van der Waals surface area contributed by atoms with E-state index in [9.17, 15) is 4.55 Å². The molecular weight excluding hydrogens is 340 g/mol. The second-order valence-electron chi connectivity index (χ2n) is 9.60. The fourth-order valence-corrected chi connectivity index (χ4v) is 5.51. The van der Waals surface area contributed by atoms with E-state index in [0.717, 1.165) is 26.1 Å². The molecule has 1 N–H and O–H groups in total. The van der Waals surface area contributed by atoms with E-state index in [1.807, 2.05) is 0 Å². The molecule has 1 fully saturated rings. The van der Waals surface area contributed by atoms with Crippen molar-refractivity contribution >= 4 is 11.4 Å². The van der Waals surface area contributed by atoms with Gasteiger partial charge in [0.25, 0.3) is 0 Å². The lowest BCUT2D eigenvalue weighted by atomic mass is 9.73. The van der Waals surface area contributed by atoms with Crippen molar-refractivity contribution in [3.8, 4) is 0 Å². The van der Waals surface area contributed by atoms with Gasteiger partial charge in [-0.1, -0.05) is 32.0 Å². The van der Waals surface area contributed by atoms with Crippen LogP contribution in [0.25, 0.3) is 0 Å². The standard InChI is InChI=1S/C22H35N2OS/c1-16(2)15-24-12-10-22(11-13-24)14-19-17(3)8-7-9-18(19)20(22)23-26(25)21(4,5)6/h7-9,20,23H,10-15H2,1-6H3/t20-,26-/m1/s1. The van der Waals surface area contributed by atoms with Crippen LogP contribution in [0.15, 0.2) is 18.2 Å². The zero-order chi connectivity index (χ0) is 19.1. The van der Waals surface area contributed by atoms with Crippen LogP contribution in [0, 0.1) is 18.3 Å². The molecule has 26 heavy (non-hydrogen) atoms. The van der Waals surface area contributed by atoms with Gasteiger partial charge in [0.1, 0.15) is 4.75 Å². The number of hydrogen-bond donors (Lipinski definition) is 1. The van der Waals surface area contributed by atoms with Crippen LogP contribution >= 0.6 is 0 Å². The molecule has 1 spiro atoms. The number of rotatable bonds is 4. The summed E-state index contributed by atoms with van der Waals surface area (Å²) in [6.45, 7) is 16.2. The van der Waals surface area contributed by atoms with Gasteiger partial charge >= 0.3 is 0 Å². The molecule has 0 aromatic heterocycles. The van der Waals surface area contributed by atoms with Crippen molar-refractivity contribution in [1.29, 1.82) is 0 Å². The summed E-state index contributed by atoms with van der Waals surface area (Å²) in [5.41, 5.74) is 4.46. The molecular formula is C22H35N2OS. The largest absolute Gasteiger partial charge is 0.598 e. The van der Waals surface area contributed by atoms with Crippen molar-refractivity contribution in [3.63, 3.8) is 0 Å². The zero-order valence-corrected chi connectivity index (χ0v) is 18.1. The molecule has 0 bridgehead atoms. The molecule has 3 nitrogen and oxygen atoms in total. The third-order valence-electron chi connectivity index (χ3n) is 6.07. The summed E-state index contributed by atoms with van der Waals surface area (Å²) >= 11 is -1.05. The lowest BCUT2D eigenvalue weighted by Crippen LogP contribution is -2.50. The Morgan fingerprint density at radius 3 is 2.50 bits per heavy atom. The maximum absolute atomic E-state index is 12.9. The van der Waals surface area contributed by atoms with Gasteiger partial charge in [0.05, 0.1) is 6.04 Å². The highest BCUT2D eigenvalue weighted by molar-refractivity contribution is 7.90. The predicted molar refractivity (Wildman–Crippen MR) is 111 cm³/mol. The Labute approximate surface area is 163 Å². The highest BCUT2D eigenvalue weighted by Crippen LogP contribution is 2.53. The molecule has 1 aromatic carbocycles. The molecule has 3 rings (SSSR count). The smallest absolute Gasteiger partial charge is 0.136 e. The van der Waals surface area contributed by atoms with Crippen molar-refractivity contribution < 1.29 is 4.55 Å². The van der Waals surface area contributed by atoms with Crippen LogP contribution in [0.1, 0.15) is 70.2 Å². The number of hydrogen-bond acceptors (Lipinski definition) is 3.